The lowest BCUT2D eigenvalue weighted by molar-refractivity contribution is -0.139. The third kappa shape index (κ3) is 6.25. The summed E-state index contributed by atoms with van der Waals surface area (Å²) >= 11 is 6.74. The minimum atomic E-state index is -4.64. The monoisotopic (exact) mass is 722 g/mol. The lowest BCUT2D eigenvalue weighted by atomic mass is 9.94. The first kappa shape index (κ1) is 34.4. The summed E-state index contributed by atoms with van der Waals surface area (Å²) in [6, 6.07) is 3.40. The summed E-state index contributed by atoms with van der Waals surface area (Å²) in [5.74, 6) is 0.107. The van der Waals surface area contributed by atoms with Gasteiger partial charge in [0, 0.05) is 57.0 Å². The first-order valence-electron chi connectivity index (χ1n) is 16.3. The normalized spacial score (nSPS) is 22.2. The number of rotatable bonds is 6. The molecule has 0 saturated carbocycles. The summed E-state index contributed by atoms with van der Waals surface area (Å²) in [4.78, 5) is 27.6. The van der Waals surface area contributed by atoms with Crippen LogP contribution < -0.4 is 15.4 Å². The predicted molar refractivity (Wildman–Crippen MR) is 173 cm³/mol. The second kappa shape index (κ2) is 12.9. The van der Waals surface area contributed by atoms with Crippen LogP contribution in [-0.2, 0) is 37.0 Å². The number of fused-ring (bicyclic) bond motifs is 3. The Balaban J connectivity index is 1.26. The number of amides is 1. The van der Waals surface area contributed by atoms with Crippen LogP contribution in [0.1, 0.15) is 70.4 Å². The summed E-state index contributed by atoms with van der Waals surface area (Å²) in [6.45, 7) is 1.99. The van der Waals surface area contributed by atoms with Crippen LogP contribution in [0.4, 0.5) is 33.5 Å². The summed E-state index contributed by atoms with van der Waals surface area (Å²) in [7, 11) is 3.22. The topological polar surface area (TPSA) is 115 Å². The third-order valence-electron chi connectivity index (χ3n) is 10.0. The second-order valence-corrected chi connectivity index (χ2v) is 13.9. The van der Waals surface area contributed by atoms with Gasteiger partial charge in [0.25, 0.3) is 12.0 Å². The van der Waals surface area contributed by atoms with Gasteiger partial charge < -0.3 is 25.0 Å². The average Bonchev–Trinajstić information content (AvgIpc) is 3.67. The molecule has 17 heteroatoms. The van der Waals surface area contributed by atoms with Crippen molar-refractivity contribution in [1.82, 2.24) is 29.5 Å². The highest BCUT2D eigenvalue weighted by Crippen LogP contribution is 2.44. The maximum atomic E-state index is 14.1. The van der Waals surface area contributed by atoms with E-state index in [9.17, 15) is 26.7 Å². The molecule has 0 bridgehead atoms. The Hall–Kier alpha value is -4.02. The van der Waals surface area contributed by atoms with Gasteiger partial charge in [-0.15, -0.1) is 0 Å². The smallest absolute Gasteiger partial charge is 0.416 e. The number of nitrogen functional groups attached to an aromatic ring is 1. The summed E-state index contributed by atoms with van der Waals surface area (Å²) in [6.07, 6.45) is -5.08. The molecule has 2 N–H and O–H groups in total. The number of carbonyl (C=O) groups is 1. The SMILES string of the molecule is CN(C)C(=O)c1nn2c(c1Cl)CN(c1nc(OC[C@@]34CCCN3CC(=C(F)F)C4)nc3c1CO[C@H](c1cc(N)ccc1C(F)(F)F)C3)CCC2. The molecule has 0 radical (unpaired) electrons. The van der Waals surface area contributed by atoms with Gasteiger partial charge in [0.2, 0.25) is 0 Å². The van der Waals surface area contributed by atoms with E-state index in [0.717, 1.165) is 12.5 Å². The van der Waals surface area contributed by atoms with E-state index in [2.05, 4.69) is 5.10 Å². The molecule has 4 aliphatic rings. The first-order chi connectivity index (χ1) is 23.7. The molecule has 2 fully saturated rings. The number of halogens is 6. The summed E-state index contributed by atoms with van der Waals surface area (Å²) in [5, 5.41) is 4.71. The van der Waals surface area contributed by atoms with Crippen LogP contribution in [0.25, 0.3) is 0 Å². The fourth-order valence-electron chi connectivity index (χ4n) is 7.54. The molecule has 6 heterocycles. The van der Waals surface area contributed by atoms with Crippen molar-refractivity contribution in [3.05, 3.63) is 68.6 Å². The highest BCUT2D eigenvalue weighted by molar-refractivity contribution is 6.34. The minimum Gasteiger partial charge on any atom is -0.461 e. The third-order valence-corrected chi connectivity index (χ3v) is 10.4. The van der Waals surface area contributed by atoms with Gasteiger partial charge in [-0.3, -0.25) is 14.4 Å². The maximum Gasteiger partial charge on any atom is 0.416 e. The number of anilines is 2. The molecular formula is C33H36ClF5N8O3. The number of aromatic nitrogens is 4. The standard InChI is InChI=1S/C33H36ClF5N8O3/c1-44(2)30(48)27-26(34)24-15-45(8-4-10-47(24)43-27)29-21-16-49-25(20-11-19(40)5-6-22(20)33(37,38)39)12-23(21)41-31(42-29)50-17-32-7-3-9-46(32)14-18(13-32)28(35)36/h5-6,11,25H,3-4,7-10,12-17,40H2,1-2H3/t25-,32-/m0/s1. The molecular weight excluding hydrogens is 687 g/mol. The number of ether oxygens (including phenoxy) is 2. The number of nitrogens with zero attached hydrogens (tertiary/aromatic N) is 7. The van der Waals surface area contributed by atoms with Gasteiger partial charge in [-0.25, -0.2) is 0 Å². The highest BCUT2D eigenvalue weighted by Gasteiger charge is 2.48. The van der Waals surface area contributed by atoms with Crippen LogP contribution in [0.2, 0.25) is 5.02 Å². The van der Waals surface area contributed by atoms with Crippen LogP contribution in [-0.4, -0.2) is 81.3 Å². The molecule has 0 aliphatic carbocycles. The van der Waals surface area contributed by atoms with E-state index in [1.54, 1.807) is 18.8 Å². The van der Waals surface area contributed by atoms with Crippen LogP contribution >= 0.6 is 11.6 Å². The summed E-state index contributed by atoms with van der Waals surface area (Å²) < 4.78 is 83.6. The van der Waals surface area contributed by atoms with Crippen LogP contribution in [0.3, 0.4) is 0 Å². The van der Waals surface area contributed by atoms with Gasteiger partial charge >= 0.3 is 12.2 Å². The van der Waals surface area contributed by atoms with E-state index in [1.165, 1.54) is 17.0 Å². The Morgan fingerprint density at radius 2 is 1.96 bits per heavy atom. The lowest BCUT2D eigenvalue weighted by Gasteiger charge is -2.33. The first-order valence-corrected chi connectivity index (χ1v) is 16.7. The highest BCUT2D eigenvalue weighted by atomic mass is 35.5. The number of nitrogens with two attached hydrogens (primary N) is 1. The molecule has 2 saturated heterocycles. The quantitative estimate of drug-likeness (QED) is 0.256. The van der Waals surface area contributed by atoms with Gasteiger partial charge in [0.1, 0.15) is 12.4 Å². The zero-order valence-corrected chi connectivity index (χ0v) is 28.3. The van der Waals surface area contributed by atoms with E-state index in [4.69, 9.17) is 36.8 Å². The van der Waals surface area contributed by atoms with Gasteiger partial charge in [0.05, 0.1) is 46.8 Å². The number of hydrogen-bond acceptors (Lipinski definition) is 9. The zero-order valence-electron chi connectivity index (χ0n) is 27.5. The lowest BCUT2D eigenvalue weighted by Crippen LogP contribution is -2.43. The Labute approximate surface area is 289 Å². The number of benzene rings is 1. The number of hydrogen-bond donors (Lipinski definition) is 1. The number of alkyl halides is 3. The van der Waals surface area contributed by atoms with E-state index in [-0.39, 0.29) is 78.6 Å². The molecule has 1 amide bonds. The summed E-state index contributed by atoms with van der Waals surface area (Å²) in [5.41, 5.74) is 6.33. The van der Waals surface area contributed by atoms with Crippen molar-refractivity contribution in [2.24, 2.45) is 0 Å². The Morgan fingerprint density at radius 3 is 2.70 bits per heavy atom. The Kier molecular flexibility index (Phi) is 8.91. The molecule has 4 aliphatic heterocycles. The van der Waals surface area contributed by atoms with Gasteiger partial charge in [-0.2, -0.15) is 37.0 Å². The largest absolute Gasteiger partial charge is 0.461 e. The minimum absolute atomic E-state index is 0.0188. The van der Waals surface area contributed by atoms with E-state index < -0.39 is 29.5 Å². The maximum absolute atomic E-state index is 14.1. The van der Waals surface area contributed by atoms with E-state index >= 15 is 0 Å². The van der Waals surface area contributed by atoms with Crippen molar-refractivity contribution in [2.45, 2.75) is 69.6 Å². The molecule has 3 aromatic rings. The van der Waals surface area contributed by atoms with Crippen LogP contribution in [0.5, 0.6) is 6.01 Å². The van der Waals surface area contributed by atoms with Gasteiger partial charge in [-0.1, -0.05) is 11.6 Å². The van der Waals surface area contributed by atoms with Crippen LogP contribution in [0.15, 0.2) is 29.9 Å². The predicted octanol–water partition coefficient (Wildman–Crippen LogP) is 5.62. The fourth-order valence-corrected chi connectivity index (χ4v) is 7.81. The molecule has 50 heavy (non-hydrogen) atoms. The molecule has 0 unspecified atom stereocenters. The zero-order chi connectivity index (χ0) is 35.5. The van der Waals surface area contributed by atoms with E-state index in [0.29, 0.717) is 55.2 Å². The Bertz CT molecular complexity index is 1860. The van der Waals surface area contributed by atoms with Crippen molar-refractivity contribution in [3.8, 4) is 6.01 Å². The van der Waals surface area contributed by atoms with Crippen molar-refractivity contribution in [2.75, 3.05) is 51.0 Å². The fraction of sp³-hybridized carbons (Fsp3) is 0.515. The molecule has 2 aromatic heterocycles. The molecule has 11 nitrogen and oxygen atoms in total. The van der Waals surface area contributed by atoms with Crippen molar-refractivity contribution >= 4 is 29.0 Å². The van der Waals surface area contributed by atoms with Crippen molar-refractivity contribution < 1.29 is 36.2 Å². The van der Waals surface area contributed by atoms with Crippen LogP contribution in [0, 0.1) is 0 Å². The van der Waals surface area contributed by atoms with Gasteiger partial charge in [0.15, 0.2) is 5.69 Å². The molecule has 268 valence electrons. The number of aryl methyl sites for hydroxylation is 1. The molecule has 7 rings (SSSR count). The molecule has 2 atom stereocenters. The second-order valence-electron chi connectivity index (χ2n) is 13.5. The average molecular weight is 723 g/mol. The van der Waals surface area contributed by atoms with Gasteiger partial charge in [-0.05, 0) is 56.0 Å². The van der Waals surface area contributed by atoms with E-state index in [1.807, 2.05) is 9.80 Å². The molecule has 0 spiro atoms. The number of carbonyl (C=O) groups excluding carboxylic acids is 1. The Morgan fingerprint density at radius 1 is 1.16 bits per heavy atom. The molecule has 1 aromatic carbocycles. The van der Waals surface area contributed by atoms with Crippen molar-refractivity contribution in [1.29, 1.82) is 0 Å². The van der Waals surface area contributed by atoms with Crippen molar-refractivity contribution in [3.63, 3.8) is 0 Å².